The lowest BCUT2D eigenvalue weighted by molar-refractivity contribution is 0.107. The van der Waals surface area contributed by atoms with Crippen molar-refractivity contribution in [3.8, 4) is 0 Å². The molecular formula is C16H26N4O. The molecule has 0 N–H and O–H groups in total. The average Bonchev–Trinajstić information content (AvgIpc) is 3.19. The third kappa shape index (κ3) is 2.92. The van der Waals surface area contributed by atoms with Crippen LogP contribution in [-0.4, -0.2) is 51.6 Å². The highest BCUT2D eigenvalue weighted by molar-refractivity contribution is 5.74. The molecule has 0 spiro atoms. The second-order valence-electron chi connectivity index (χ2n) is 6.62. The zero-order chi connectivity index (χ0) is 14.8. The minimum atomic E-state index is 0.207. The molecule has 2 amide bonds. The Labute approximate surface area is 126 Å². The molecule has 2 fully saturated rings. The van der Waals surface area contributed by atoms with E-state index in [1.165, 1.54) is 12.8 Å². The molecule has 0 aromatic carbocycles. The van der Waals surface area contributed by atoms with E-state index in [-0.39, 0.29) is 6.03 Å². The predicted octanol–water partition coefficient (Wildman–Crippen LogP) is 2.76. The van der Waals surface area contributed by atoms with Crippen LogP contribution in [0.25, 0.3) is 0 Å². The van der Waals surface area contributed by atoms with Crippen molar-refractivity contribution in [2.75, 3.05) is 20.1 Å². The number of imidazole rings is 1. The molecule has 3 rings (SSSR count). The molecule has 1 saturated heterocycles. The van der Waals surface area contributed by atoms with E-state index in [0.29, 0.717) is 18.0 Å². The number of rotatable bonds is 2. The molecule has 5 heteroatoms. The predicted molar refractivity (Wildman–Crippen MR) is 82.0 cm³/mol. The fraction of sp³-hybridized carbons (Fsp3) is 0.750. The summed E-state index contributed by atoms with van der Waals surface area (Å²) >= 11 is 0. The molecule has 1 aromatic rings. The SMILES string of the molecule is C[C@H]1CCN(C(=O)N(C)C2CCCC2)C[C@@H]1n1ccnc1. The number of likely N-dealkylation sites (tertiary alicyclic amines) is 1. The van der Waals surface area contributed by atoms with Crippen LogP contribution < -0.4 is 0 Å². The van der Waals surface area contributed by atoms with Crippen molar-refractivity contribution in [1.82, 2.24) is 19.4 Å². The molecule has 2 atom stereocenters. The zero-order valence-electron chi connectivity index (χ0n) is 13.1. The second kappa shape index (κ2) is 6.08. The number of urea groups is 1. The Hall–Kier alpha value is -1.52. The largest absolute Gasteiger partial charge is 0.332 e. The lowest BCUT2D eigenvalue weighted by Crippen LogP contribution is -2.50. The molecule has 2 heterocycles. The fourth-order valence-electron chi connectivity index (χ4n) is 3.75. The summed E-state index contributed by atoms with van der Waals surface area (Å²) in [4.78, 5) is 20.9. The molecule has 0 unspecified atom stereocenters. The summed E-state index contributed by atoms with van der Waals surface area (Å²) in [5.41, 5.74) is 0. The number of aromatic nitrogens is 2. The Morgan fingerprint density at radius 1 is 1.29 bits per heavy atom. The number of piperidine rings is 1. The Morgan fingerprint density at radius 2 is 2.05 bits per heavy atom. The standard InChI is InChI=1S/C16H26N4O/c1-13-7-9-19(11-15(13)20-10-8-17-12-20)16(21)18(2)14-5-3-4-6-14/h8,10,12-15H,3-7,9,11H2,1-2H3/t13-,15-/m0/s1. The van der Waals surface area contributed by atoms with E-state index in [9.17, 15) is 4.79 Å². The maximum absolute atomic E-state index is 12.7. The molecule has 2 aliphatic rings. The number of amides is 2. The van der Waals surface area contributed by atoms with E-state index < -0.39 is 0 Å². The van der Waals surface area contributed by atoms with E-state index in [1.807, 2.05) is 35.6 Å². The van der Waals surface area contributed by atoms with Crippen LogP contribution >= 0.6 is 0 Å². The summed E-state index contributed by atoms with van der Waals surface area (Å²) in [7, 11) is 1.97. The van der Waals surface area contributed by atoms with Gasteiger partial charge in [-0.3, -0.25) is 0 Å². The van der Waals surface area contributed by atoms with Crippen LogP contribution in [-0.2, 0) is 0 Å². The summed E-state index contributed by atoms with van der Waals surface area (Å²) < 4.78 is 2.15. The number of carbonyl (C=O) groups is 1. The van der Waals surface area contributed by atoms with Crippen molar-refractivity contribution in [1.29, 1.82) is 0 Å². The van der Waals surface area contributed by atoms with Gasteiger partial charge in [0.25, 0.3) is 0 Å². The number of carbonyl (C=O) groups excluding carboxylic acids is 1. The first-order chi connectivity index (χ1) is 10.2. The average molecular weight is 290 g/mol. The summed E-state index contributed by atoms with van der Waals surface area (Å²) in [5.74, 6) is 0.583. The van der Waals surface area contributed by atoms with Gasteiger partial charge in [-0.2, -0.15) is 0 Å². The minimum absolute atomic E-state index is 0.207. The van der Waals surface area contributed by atoms with Gasteiger partial charge < -0.3 is 14.4 Å². The van der Waals surface area contributed by atoms with Crippen molar-refractivity contribution in [2.24, 2.45) is 5.92 Å². The van der Waals surface area contributed by atoms with Gasteiger partial charge in [0.15, 0.2) is 0 Å². The van der Waals surface area contributed by atoms with Gasteiger partial charge in [-0.05, 0) is 25.2 Å². The molecule has 21 heavy (non-hydrogen) atoms. The maximum atomic E-state index is 12.7. The number of nitrogens with zero attached hydrogens (tertiary/aromatic N) is 4. The molecule has 1 saturated carbocycles. The molecule has 0 bridgehead atoms. The minimum Gasteiger partial charge on any atom is -0.332 e. The van der Waals surface area contributed by atoms with Crippen LogP contribution in [0.5, 0.6) is 0 Å². The van der Waals surface area contributed by atoms with Gasteiger partial charge in [-0.1, -0.05) is 19.8 Å². The van der Waals surface area contributed by atoms with Crippen LogP contribution in [0, 0.1) is 5.92 Å². The van der Waals surface area contributed by atoms with E-state index in [4.69, 9.17) is 0 Å². The summed E-state index contributed by atoms with van der Waals surface area (Å²) in [6.45, 7) is 3.95. The van der Waals surface area contributed by atoms with Gasteiger partial charge in [0.1, 0.15) is 0 Å². The second-order valence-corrected chi connectivity index (χ2v) is 6.62. The maximum Gasteiger partial charge on any atom is 0.320 e. The van der Waals surface area contributed by atoms with E-state index >= 15 is 0 Å². The Bertz CT molecular complexity index is 467. The van der Waals surface area contributed by atoms with Crippen LogP contribution in [0.2, 0.25) is 0 Å². The van der Waals surface area contributed by atoms with Crippen LogP contribution in [0.1, 0.15) is 45.1 Å². The van der Waals surface area contributed by atoms with E-state index in [1.54, 1.807) is 0 Å². The topological polar surface area (TPSA) is 41.4 Å². The van der Waals surface area contributed by atoms with Crippen LogP contribution in [0.15, 0.2) is 18.7 Å². The fourth-order valence-corrected chi connectivity index (χ4v) is 3.75. The van der Waals surface area contributed by atoms with Gasteiger partial charge in [0, 0.05) is 38.6 Å². The number of hydrogen-bond acceptors (Lipinski definition) is 2. The van der Waals surface area contributed by atoms with Crippen LogP contribution in [0.4, 0.5) is 4.79 Å². The first-order valence-electron chi connectivity index (χ1n) is 8.16. The molecule has 1 aliphatic heterocycles. The monoisotopic (exact) mass is 290 g/mol. The van der Waals surface area contributed by atoms with E-state index in [0.717, 1.165) is 32.4 Å². The molecule has 116 valence electrons. The van der Waals surface area contributed by atoms with Gasteiger partial charge in [0.2, 0.25) is 0 Å². The first kappa shape index (κ1) is 14.4. The molecule has 5 nitrogen and oxygen atoms in total. The molecular weight excluding hydrogens is 264 g/mol. The van der Waals surface area contributed by atoms with E-state index in [2.05, 4.69) is 16.5 Å². The van der Waals surface area contributed by atoms with Gasteiger partial charge in [-0.15, -0.1) is 0 Å². The van der Waals surface area contributed by atoms with Gasteiger partial charge in [-0.25, -0.2) is 9.78 Å². The summed E-state index contributed by atoms with van der Waals surface area (Å²) in [6, 6.07) is 1.00. The Morgan fingerprint density at radius 3 is 2.71 bits per heavy atom. The third-order valence-electron chi connectivity index (χ3n) is 5.27. The van der Waals surface area contributed by atoms with Crippen molar-refractivity contribution in [2.45, 2.75) is 51.1 Å². The highest BCUT2D eigenvalue weighted by Crippen LogP contribution is 2.29. The van der Waals surface area contributed by atoms with Crippen molar-refractivity contribution in [3.05, 3.63) is 18.7 Å². The van der Waals surface area contributed by atoms with Gasteiger partial charge in [0.05, 0.1) is 12.4 Å². The molecule has 0 radical (unpaired) electrons. The highest BCUT2D eigenvalue weighted by Gasteiger charge is 2.33. The summed E-state index contributed by atoms with van der Waals surface area (Å²) in [6.07, 6.45) is 11.6. The van der Waals surface area contributed by atoms with Crippen molar-refractivity contribution in [3.63, 3.8) is 0 Å². The van der Waals surface area contributed by atoms with Gasteiger partial charge >= 0.3 is 6.03 Å². The number of hydrogen-bond donors (Lipinski definition) is 0. The highest BCUT2D eigenvalue weighted by atomic mass is 16.2. The quantitative estimate of drug-likeness (QED) is 0.840. The first-order valence-corrected chi connectivity index (χ1v) is 8.16. The van der Waals surface area contributed by atoms with Crippen molar-refractivity contribution < 1.29 is 4.79 Å². The smallest absolute Gasteiger partial charge is 0.320 e. The Kier molecular flexibility index (Phi) is 4.17. The Balaban J connectivity index is 1.66. The normalized spacial score (nSPS) is 27.0. The lowest BCUT2D eigenvalue weighted by Gasteiger charge is -2.40. The molecule has 1 aromatic heterocycles. The third-order valence-corrected chi connectivity index (χ3v) is 5.27. The lowest BCUT2D eigenvalue weighted by atomic mass is 9.93. The van der Waals surface area contributed by atoms with Crippen molar-refractivity contribution >= 4 is 6.03 Å². The van der Waals surface area contributed by atoms with Crippen LogP contribution in [0.3, 0.4) is 0 Å². The summed E-state index contributed by atoms with van der Waals surface area (Å²) in [5, 5.41) is 0. The zero-order valence-corrected chi connectivity index (χ0v) is 13.1. The molecule has 1 aliphatic carbocycles.